The maximum Gasteiger partial charge on any atom is 0.245 e. The van der Waals surface area contributed by atoms with E-state index in [-0.39, 0.29) is 11.7 Å². The molecule has 2 aromatic rings. The van der Waals surface area contributed by atoms with Gasteiger partial charge in [0, 0.05) is 19.0 Å². The second kappa shape index (κ2) is 9.91. The number of carbonyl (C=O) groups excluding carboxylic acids is 1. The van der Waals surface area contributed by atoms with Crippen LogP contribution in [0.2, 0.25) is 0 Å². The van der Waals surface area contributed by atoms with Gasteiger partial charge < -0.3 is 10.2 Å². The molecule has 2 unspecified atom stereocenters. The zero-order chi connectivity index (χ0) is 20.8. The molecule has 8 heteroatoms. The Hall–Kier alpha value is -2.35. The zero-order valence-corrected chi connectivity index (χ0v) is 17.5. The van der Waals surface area contributed by atoms with Crippen molar-refractivity contribution in [1.29, 1.82) is 0 Å². The maximum atomic E-state index is 13.6. The largest absolute Gasteiger partial charge is 0.353 e. The molecule has 158 valence electrons. The van der Waals surface area contributed by atoms with Crippen LogP contribution in [0.5, 0.6) is 0 Å². The molecule has 1 aromatic heterocycles. The molecule has 1 heterocycles. The fourth-order valence-electron chi connectivity index (χ4n) is 4.32. The number of hydrogen-bond acceptors (Lipinski definition) is 5. The van der Waals surface area contributed by atoms with Gasteiger partial charge in [-0.05, 0) is 67.9 Å². The van der Waals surface area contributed by atoms with Crippen molar-refractivity contribution in [3.8, 4) is 0 Å². The standard InChI is InChI=1S/C21H31FN6O/c1-15-24-25-26-28(15)19(13-16-8-7-11-18(22)12-16)21(29)23-14-20(27(2)3)17-9-5-4-6-10-17/h7-8,11-12,17,19-20H,4-6,9-10,13-14H2,1-3H3,(H,23,29). The molecule has 1 aliphatic rings. The molecule has 0 radical (unpaired) electrons. The molecular weight excluding hydrogens is 371 g/mol. The Morgan fingerprint density at radius 2 is 2.07 bits per heavy atom. The van der Waals surface area contributed by atoms with E-state index in [1.807, 2.05) is 6.07 Å². The maximum absolute atomic E-state index is 13.6. The highest BCUT2D eigenvalue weighted by Gasteiger charge is 2.29. The number of aryl methyl sites for hydroxylation is 1. The van der Waals surface area contributed by atoms with Crippen LogP contribution in [0.15, 0.2) is 24.3 Å². The Morgan fingerprint density at radius 3 is 2.69 bits per heavy atom. The molecule has 1 N–H and O–H groups in total. The summed E-state index contributed by atoms with van der Waals surface area (Å²) in [7, 11) is 4.14. The minimum atomic E-state index is -0.624. The number of nitrogens with one attached hydrogen (secondary N) is 1. The fraction of sp³-hybridized carbons (Fsp3) is 0.619. The normalized spacial score (nSPS) is 17.3. The smallest absolute Gasteiger partial charge is 0.245 e. The van der Waals surface area contributed by atoms with Crippen molar-refractivity contribution in [1.82, 2.24) is 30.4 Å². The lowest BCUT2D eigenvalue weighted by Gasteiger charge is -2.35. The first kappa shape index (κ1) is 21.4. The van der Waals surface area contributed by atoms with Gasteiger partial charge in [0.2, 0.25) is 5.91 Å². The van der Waals surface area contributed by atoms with Crippen LogP contribution < -0.4 is 5.32 Å². The van der Waals surface area contributed by atoms with Crippen molar-refractivity contribution < 1.29 is 9.18 Å². The monoisotopic (exact) mass is 402 g/mol. The number of aromatic nitrogens is 4. The summed E-state index contributed by atoms with van der Waals surface area (Å²) in [6.45, 7) is 2.34. The lowest BCUT2D eigenvalue weighted by molar-refractivity contribution is -0.125. The average molecular weight is 403 g/mol. The van der Waals surface area contributed by atoms with Crippen LogP contribution in [0.25, 0.3) is 0 Å². The minimum absolute atomic E-state index is 0.146. The van der Waals surface area contributed by atoms with E-state index in [9.17, 15) is 9.18 Å². The Kier molecular flexibility index (Phi) is 7.30. The second-order valence-electron chi connectivity index (χ2n) is 8.19. The molecule has 1 fully saturated rings. The number of likely N-dealkylation sites (N-methyl/N-ethyl adjacent to an activating group) is 1. The molecule has 2 atom stereocenters. The number of benzene rings is 1. The van der Waals surface area contributed by atoms with Crippen LogP contribution in [-0.2, 0) is 11.2 Å². The SMILES string of the molecule is Cc1nnnn1C(Cc1cccc(F)c1)C(=O)NCC(C1CCCCC1)N(C)C. The van der Waals surface area contributed by atoms with Crippen LogP contribution in [0.3, 0.4) is 0 Å². The number of nitrogens with zero attached hydrogens (tertiary/aromatic N) is 5. The molecule has 1 aromatic carbocycles. The number of carbonyl (C=O) groups is 1. The van der Waals surface area contributed by atoms with E-state index in [0.717, 1.165) is 5.56 Å². The van der Waals surface area contributed by atoms with Crippen LogP contribution in [0.4, 0.5) is 4.39 Å². The number of amides is 1. The van der Waals surface area contributed by atoms with Crippen molar-refractivity contribution in [2.45, 2.75) is 57.5 Å². The van der Waals surface area contributed by atoms with E-state index >= 15 is 0 Å². The van der Waals surface area contributed by atoms with Crippen molar-refractivity contribution in [3.63, 3.8) is 0 Å². The summed E-state index contributed by atoms with van der Waals surface area (Å²) in [5, 5.41) is 14.7. The average Bonchev–Trinajstić information content (AvgIpc) is 3.12. The molecule has 1 saturated carbocycles. The lowest BCUT2D eigenvalue weighted by Crippen LogP contribution is -2.47. The van der Waals surface area contributed by atoms with Gasteiger partial charge in [-0.25, -0.2) is 9.07 Å². The van der Waals surface area contributed by atoms with Gasteiger partial charge >= 0.3 is 0 Å². The number of rotatable bonds is 8. The molecule has 1 aliphatic carbocycles. The molecule has 1 amide bonds. The first-order chi connectivity index (χ1) is 14.0. The lowest BCUT2D eigenvalue weighted by atomic mass is 9.83. The van der Waals surface area contributed by atoms with E-state index in [0.29, 0.717) is 30.7 Å². The molecule has 0 saturated heterocycles. The Labute approximate surface area is 171 Å². The number of halogens is 1. The predicted molar refractivity (Wildman–Crippen MR) is 109 cm³/mol. The van der Waals surface area contributed by atoms with E-state index in [4.69, 9.17) is 0 Å². The first-order valence-electron chi connectivity index (χ1n) is 10.4. The summed E-state index contributed by atoms with van der Waals surface area (Å²) in [5.74, 6) is 0.681. The van der Waals surface area contributed by atoms with E-state index in [1.165, 1.54) is 48.9 Å². The molecule has 0 bridgehead atoms. The van der Waals surface area contributed by atoms with E-state index < -0.39 is 6.04 Å². The quantitative estimate of drug-likeness (QED) is 0.734. The van der Waals surface area contributed by atoms with Gasteiger partial charge in [-0.2, -0.15) is 0 Å². The molecule has 0 spiro atoms. The third-order valence-corrected chi connectivity index (χ3v) is 5.92. The van der Waals surface area contributed by atoms with Gasteiger partial charge in [0.15, 0.2) is 0 Å². The molecule has 29 heavy (non-hydrogen) atoms. The predicted octanol–water partition coefficient (Wildman–Crippen LogP) is 2.53. The third-order valence-electron chi connectivity index (χ3n) is 5.92. The zero-order valence-electron chi connectivity index (χ0n) is 17.5. The van der Waals surface area contributed by atoms with Crippen molar-refractivity contribution in [3.05, 3.63) is 41.5 Å². The summed E-state index contributed by atoms with van der Waals surface area (Å²) < 4.78 is 15.2. The molecule has 0 aliphatic heterocycles. The number of hydrogen-bond donors (Lipinski definition) is 1. The topological polar surface area (TPSA) is 75.9 Å². The third kappa shape index (κ3) is 5.59. The van der Waals surface area contributed by atoms with Crippen LogP contribution in [0, 0.1) is 18.7 Å². The minimum Gasteiger partial charge on any atom is -0.353 e. The van der Waals surface area contributed by atoms with Crippen LogP contribution >= 0.6 is 0 Å². The van der Waals surface area contributed by atoms with E-state index in [1.54, 1.807) is 13.0 Å². The second-order valence-corrected chi connectivity index (χ2v) is 8.19. The van der Waals surface area contributed by atoms with Crippen molar-refractivity contribution >= 4 is 5.91 Å². The van der Waals surface area contributed by atoms with E-state index in [2.05, 4.69) is 39.8 Å². The van der Waals surface area contributed by atoms with Crippen LogP contribution in [0.1, 0.15) is 49.5 Å². The van der Waals surface area contributed by atoms with Gasteiger partial charge in [-0.3, -0.25) is 4.79 Å². The Morgan fingerprint density at radius 1 is 1.31 bits per heavy atom. The highest BCUT2D eigenvalue weighted by atomic mass is 19.1. The first-order valence-corrected chi connectivity index (χ1v) is 10.4. The molecule has 3 rings (SSSR count). The summed E-state index contributed by atoms with van der Waals surface area (Å²) >= 11 is 0. The summed E-state index contributed by atoms with van der Waals surface area (Å²) in [4.78, 5) is 15.4. The van der Waals surface area contributed by atoms with Crippen molar-refractivity contribution in [2.75, 3.05) is 20.6 Å². The van der Waals surface area contributed by atoms with Crippen molar-refractivity contribution in [2.24, 2.45) is 5.92 Å². The summed E-state index contributed by atoms with van der Waals surface area (Å²) in [6.07, 6.45) is 6.56. The number of tetrazole rings is 1. The van der Waals surface area contributed by atoms with Crippen LogP contribution in [-0.4, -0.2) is 57.7 Å². The molecule has 7 nitrogen and oxygen atoms in total. The van der Waals surface area contributed by atoms with Gasteiger partial charge in [-0.1, -0.05) is 31.4 Å². The highest BCUT2D eigenvalue weighted by molar-refractivity contribution is 5.80. The fourth-order valence-corrected chi connectivity index (χ4v) is 4.32. The van der Waals surface area contributed by atoms with Gasteiger partial charge in [0.1, 0.15) is 17.7 Å². The Bertz CT molecular complexity index is 802. The highest BCUT2D eigenvalue weighted by Crippen LogP contribution is 2.28. The Balaban J connectivity index is 1.73. The summed E-state index contributed by atoms with van der Waals surface area (Å²) in [5.41, 5.74) is 0.733. The van der Waals surface area contributed by atoms with Gasteiger partial charge in [0.05, 0.1) is 0 Å². The van der Waals surface area contributed by atoms with Gasteiger partial charge in [0.25, 0.3) is 0 Å². The summed E-state index contributed by atoms with van der Waals surface area (Å²) in [6, 6.07) is 5.98. The van der Waals surface area contributed by atoms with Gasteiger partial charge in [-0.15, -0.1) is 5.10 Å². The molecular formula is C21H31FN6O.